The molecule has 1 N–H and O–H groups in total. The number of esters is 1. The summed E-state index contributed by atoms with van der Waals surface area (Å²) in [5.74, 6) is -1.76. The van der Waals surface area contributed by atoms with Gasteiger partial charge in [0.1, 0.15) is 5.82 Å². The molecule has 6 nitrogen and oxygen atoms in total. The van der Waals surface area contributed by atoms with Crippen molar-refractivity contribution in [2.45, 2.75) is 19.4 Å². The number of nitrogens with zero attached hydrogens (tertiary/aromatic N) is 1. The molecule has 0 aromatic heterocycles. The second-order valence-electron chi connectivity index (χ2n) is 6.38. The molecule has 0 radical (unpaired) electrons. The van der Waals surface area contributed by atoms with Crippen LogP contribution in [0, 0.1) is 5.82 Å². The first-order valence-corrected chi connectivity index (χ1v) is 8.75. The van der Waals surface area contributed by atoms with Crippen molar-refractivity contribution in [2.75, 3.05) is 16.8 Å². The number of para-hydroxylation sites is 2. The number of anilines is 2. The molecule has 0 bridgehead atoms. The molecule has 2 aromatic carbocycles. The number of hydrogen-bond donors (Lipinski definition) is 1. The van der Waals surface area contributed by atoms with Gasteiger partial charge < -0.3 is 15.0 Å². The van der Waals surface area contributed by atoms with Gasteiger partial charge in [-0.3, -0.25) is 9.59 Å². The highest BCUT2D eigenvalue weighted by atomic mass is 19.1. The maximum absolute atomic E-state index is 13.1. The topological polar surface area (TPSA) is 75.7 Å². The molecule has 1 atom stereocenters. The third-order valence-corrected chi connectivity index (χ3v) is 4.23. The number of benzene rings is 2. The third kappa shape index (κ3) is 4.62. The molecule has 0 saturated heterocycles. The lowest BCUT2D eigenvalue weighted by atomic mass is 10.1. The number of nitrogens with one attached hydrogen (secondary N) is 1. The van der Waals surface area contributed by atoms with E-state index in [9.17, 15) is 18.8 Å². The molecule has 1 aliphatic rings. The highest BCUT2D eigenvalue weighted by molar-refractivity contribution is 6.05. The number of amides is 2. The standard InChI is InChI=1S/C21H19FN2O4/c1-14-11-19(25)23-17-7-2-3-8-18(17)24(14)20(26)13-28-21(27)10-9-15-5-4-6-16(22)12-15/h2-10,12,14H,11,13H2,1H3,(H,23,25)/b10-9+/t14-/m1/s1. The molecular weight excluding hydrogens is 363 g/mol. The van der Waals surface area contributed by atoms with Crippen molar-refractivity contribution in [1.82, 2.24) is 0 Å². The van der Waals surface area contributed by atoms with Gasteiger partial charge in [0.15, 0.2) is 6.61 Å². The Morgan fingerprint density at radius 2 is 2.04 bits per heavy atom. The summed E-state index contributed by atoms with van der Waals surface area (Å²) in [5.41, 5.74) is 1.59. The number of ether oxygens (including phenoxy) is 1. The van der Waals surface area contributed by atoms with Crippen molar-refractivity contribution in [3.63, 3.8) is 0 Å². The summed E-state index contributed by atoms with van der Waals surface area (Å²) < 4.78 is 18.2. The van der Waals surface area contributed by atoms with Gasteiger partial charge in [-0.1, -0.05) is 24.3 Å². The molecule has 28 heavy (non-hydrogen) atoms. The molecule has 0 fully saturated rings. The monoisotopic (exact) mass is 382 g/mol. The number of carbonyl (C=O) groups is 3. The maximum Gasteiger partial charge on any atom is 0.331 e. The molecule has 0 unspecified atom stereocenters. The van der Waals surface area contributed by atoms with Gasteiger partial charge in [-0.15, -0.1) is 0 Å². The summed E-state index contributed by atoms with van der Waals surface area (Å²) in [5, 5.41) is 2.76. The Kier molecular flexibility index (Phi) is 5.84. The summed E-state index contributed by atoms with van der Waals surface area (Å²) in [7, 11) is 0. The molecule has 0 aliphatic carbocycles. The van der Waals surface area contributed by atoms with Crippen molar-refractivity contribution in [1.29, 1.82) is 0 Å². The van der Waals surface area contributed by atoms with E-state index in [0.29, 0.717) is 16.9 Å². The Bertz CT molecular complexity index is 942. The first-order valence-electron chi connectivity index (χ1n) is 8.75. The van der Waals surface area contributed by atoms with Crippen LogP contribution in [0.2, 0.25) is 0 Å². The van der Waals surface area contributed by atoms with E-state index in [1.54, 1.807) is 37.3 Å². The van der Waals surface area contributed by atoms with Crippen LogP contribution >= 0.6 is 0 Å². The highest BCUT2D eigenvalue weighted by Gasteiger charge is 2.29. The third-order valence-electron chi connectivity index (χ3n) is 4.23. The Labute approximate surface area is 161 Å². The Morgan fingerprint density at radius 3 is 2.82 bits per heavy atom. The van der Waals surface area contributed by atoms with Gasteiger partial charge in [0.2, 0.25) is 5.91 Å². The Morgan fingerprint density at radius 1 is 1.25 bits per heavy atom. The number of fused-ring (bicyclic) bond motifs is 1. The lowest BCUT2D eigenvalue weighted by molar-refractivity contribution is -0.143. The molecule has 144 valence electrons. The molecule has 0 saturated carbocycles. The van der Waals surface area contributed by atoms with Crippen LogP contribution in [-0.2, 0) is 19.1 Å². The molecular formula is C21H19FN2O4. The second kappa shape index (κ2) is 8.47. The summed E-state index contributed by atoms with van der Waals surface area (Å²) in [4.78, 5) is 38.0. The van der Waals surface area contributed by atoms with Crippen molar-refractivity contribution in [2.24, 2.45) is 0 Å². The molecule has 0 spiro atoms. The van der Waals surface area contributed by atoms with Crippen LogP contribution in [0.3, 0.4) is 0 Å². The average Bonchev–Trinajstić information content (AvgIpc) is 2.78. The summed E-state index contributed by atoms with van der Waals surface area (Å²) in [6.45, 7) is 1.28. The zero-order valence-electron chi connectivity index (χ0n) is 15.2. The molecule has 3 rings (SSSR count). The van der Waals surface area contributed by atoms with Gasteiger partial charge in [-0.25, -0.2) is 9.18 Å². The predicted octanol–water partition coefficient (Wildman–Crippen LogP) is 3.15. The quantitative estimate of drug-likeness (QED) is 0.651. The van der Waals surface area contributed by atoms with Crippen LogP contribution < -0.4 is 10.2 Å². The van der Waals surface area contributed by atoms with E-state index in [2.05, 4.69) is 5.32 Å². The minimum atomic E-state index is -0.720. The van der Waals surface area contributed by atoms with Crippen LogP contribution in [0.4, 0.5) is 15.8 Å². The molecule has 2 aromatic rings. The Balaban J connectivity index is 1.67. The largest absolute Gasteiger partial charge is 0.452 e. The van der Waals surface area contributed by atoms with Gasteiger partial charge in [0.25, 0.3) is 5.91 Å². The minimum absolute atomic E-state index is 0.133. The lowest BCUT2D eigenvalue weighted by Crippen LogP contribution is -2.41. The fourth-order valence-corrected chi connectivity index (χ4v) is 2.99. The van der Waals surface area contributed by atoms with Crippen molar-refractivity contribution in [3.05, 3.63) is 66.0 Å². The van der Waals surface area contributed by atoms with E-state index in [-0.39, 0.29) is 12.3 Å². The van der Waals surface area contributed by atoms with Crippen LogP contribution in [0.15, 0.2) is 54.6 Å². The zero-order valence-corrected chi connectivity index (χ0v) is 15.2. The van der Waals surface area contributed by atoms with Gasteiger partial charge in [-0.2, -0.15) is 0 Å². The molecule has 1 aliphatic heterocycles. The van der Waals surface area contributed by atoms with Crippen molar-refractivity contribution < 1.29 is 23.5 Å². The average molecular weight is 382 g/mol. The van der Waals surface area contributed by atoms with E-state index < -0.39 is 30.3 Å². The number of rotatable bonds is 4. The summed E-state index contributed by atoms with van der Waals surface area (Å²) in [6, 6.07) is 12.3. The maximum atomic E-state index is 13.1. The zero-order chi connectivity index (χ0) is 20.1. The molecule has 7 heteroatoms. The van der Waals surface area contributed by atoms with Gasteiger partial charge in [0.05, 0.1) is 11.4 Å². The highest BCUT2D eigenvalue weighted by Crippen LogP contribution is 2.31. The van der Waals surface area contributed by atoms with Crippen LogP contribution in [0.1, 0.15) is 18.9 Å². The predicted molar refractivity (Wildman–Crippen MR) is 103 cm³/mol. The van der Waals surface area contributed by atoms with Gasteiger partial charge >= 0.3 is 5.97 Å². The fraction of sp³-hybridized carbons (Fsp3) is 0.190. The fourth-order valence-electron chi connectivity index (χ4n) is 2.99. The SMILES string of the molecule is C[C@@H]1CC(=O)Nc2ccccc2N1C(=O)COC(=O)/C=C/c1cccc(F)c1. The Hall–Kier alpha value is -3.48. The molecule has 2 amide bonds. The smallest absolute Gasteiger partial charge is 0.331 e. The van der Waals surface area contributed by atoms with E-state index >= 15 is 0 Å². The van der Waals surface area contributed by atoms with Gasteiger partial charge in [-0.05, 0) is 42.8 Å². The van der Waals surface area contributed by atoms with Crippen molar-refractivity contribution >= 4 is 35.2 Å². The number of halogens is 1. The van der Waals surface area contributed by atoms with E-state index in [1.807, 2.05) is 0 Å². The lowest BCUT2D eigenvalue weighted by Gasteiger charge is -2.27. The second-order valence-corrected chi connectivity index (χ2v) is 6.38. The van der Waals surface area contributed by atoms with Crippen LogP contribution in [-0.4, -0.2) is 30.4 Å². The summed E-state index contributed by atoms with van der Waals surface area (Å²) in [6.07, 6.45) is 2.67. The van der Waals surface area contributed by atoms with Crippen LogP contribution in [0.5, 0.6) is 0 Å². The first-order chi connectivity index (χ1) is 13.4. The normalized spacial score (nSPS) is 16.3. The number of hydrogen-bond acceptors (Lipinski definition) is 4. The van der Waals surface area contributed by atoms with Crippen molar-refractivity contribution in [3.8, 4) is 0 Å². The van der Waals surface area contributed by atoms with E-state index in [4.69, 9.17) is 4.74 Å². The molecule has 1 heterocycles. The first kappa shape index (κ1) is 19.3. The number of carbonyl (C=O) groups excluding carboxylic acids is 3. The summed E-state index contributed by atoms with van der Waals surface area (Å²) >= 11 is 0. The van der Waals surface area contributed by atoms with E-state index in [1.165, 1.54) is 29.2 Å². The van der Waals surface area contributed by atoms with Crippen LogP contribution in [0.25, 0.3) is 6.08 Å². The minimum Gasteiger partial charge on any atom is -0.452 e. The van der Waals surface area contributed by atoms with Gasteiger partial charge in [0, 0.05) is 18.5 Å². The van der Waals surface area contributed by atoms with E-state index in [0.717, 1.165) is 6.08 Å².